The van der Waals surface area contributed by atoms with Crippen LogP contribution in [0.2, 0.25) is 0 Å². The van der Waals surface area contributed by atoms with Gasteiger partial charge in [0.05, 0.1) is 25.4 Å². The minimum Gasteiger partial charge on any atom is -0.497 e. The number of carbonyl (C=O) groups is 5. The van der Waals surface area contributed by atoms with Crippen molar-refractivity contribution in [2.24, 2.45) is 11.3 Å². The third-order valence-electron chi connectivity index (χ3n) is 9.69. The molecule has 0 aromatic heterocycles. The number of methoxy groups -OCH3 is 1. The van der Waals surface area contributed by atoms with Gasteiger partial charge in [0.2, 0.25) is 23.5 Å². The van der Waals surface area contributed by atoms with Crippen molar-refractivity contribution in [1.29, 1.82) is 0 Å². The molecule has 0 bridgehead atoms. The highest BCUT2D eigenvalue weighted by Crippen LogP contribution is 2.39. The van der Waals surface area contributed by atoms with Gasteiger partial charge in [0.15, 0.2) is 0 Å². The van der Waals surface area contributed by atoms with Crippen LogP contribution in [0.25, 0.3) is 5.70 Å². The number of ketones is 1. The van der Waals surface area contributed by atoms with Crippen LogP contribution in [0.1, 0.15) is 84.6 Å². The molecule has 1 spiro atoms. The van der Waals surface area contributed by atoms with E-state index >= 15 is 0 Å². The van der Waals surface area contributed by atoms with E-state index in [4.69, 9.17) is 14.3 Å². The molecule has 49 heavy (non-hydrogen) atoms. The minimum atomic E-state index is -1.07. The van der Waals surface area contributed by atoms with E-state index in [1.807, 2.05) is 58.0 Å². The molecule has 5 rings (SSSR count). The van der Waals surface area contributed by atoms with Crippen LogP contribution in [-0.2, 0) is 33.5 Å². The topological polar surface area (TPSA) is 164 Å². The van der Waals surface area contributed by atoms with E-state index in [-0.39, 0.29) is 43.7 Å². The number of Topliss-reactive ketones (excluding diaryl/α,β-unsaturated/α-hetero) is 1. The van der Waals surface area contributed by atoms with Crippen LogP contribution in [0.5, 0.6) is 5.75 Å². The molecule has 0 unspecified atom stereocenters. The summed E-state index contributed by atoms with van der Waals surface area (Å²) in [5.41, 5.74) is 2.71. The first-order valence-corrected chi connectivity index (χ1v) is 17.5. The highest BCUT2D eigenvalue weighted by molar-refractivity contribution is 6.38. The Hall–Kier alpha value is -3.97. The Bertz CT molecular complexity index is 1430. The summed E-state index contributed by atoms with van der Waals surface area (Å²) in [6.07, 6.45) is 6.27. The molecule has 0 radical (unpaired) electrons. The Balaban J connectivity index is 1.40. The second-order valence-corrected chi connectivity index (χ2v) is 14.8. The predicted molar refractivity (Wildman–Crippen MR) is 181 cm³/mol. The molecule has 268 valence electrons. The van der Waals surface area contributed by atoms with Crippen LogP contribution in [0.4, 0.5) is 0 Å². The van der Waals surface area contributed by atoms with Crippen molar-refractivity contribution in [3.63, 3.8) is 0 Å². The van der Waals surface area contributed by atoms with Gasteiger partial charge in [-0.2, -0.15) is 0 Å². The highest BCUT2D eigenvalue weighted by Gasteiger charge is 2.54. The molecule has 2 saturated heterocycles. The third-order valence-corrected chi connectivity index (χ3v) is 9.69. The summed E-state index contributed by atoms with van der Waals surface area (Å²) in [5.74, 6) is -1.78. The maximum Gasteiger partial charge on any atom is 0.289 e. The summed E-state index contributed by atoms with van der Waals surface area (Å²) in [6.45, 7) is 8.71. The maximum atomic E-state index is 14.5. The Kier molecular flexibility index (Phi) is 11.3. The molecule has 4 N–H and O–H groups in total. The Morgan fingerprint density at radius 2 is 1.73 bits per heavy atom. The number of nitrogens with one attached hydrogen (secondary N) is 4. The zero-order valence-electron chi connectivity index (χ0n) is 29.3. The van der Waals surface area contributed by atoms with Crippen LogP contribution in [0.15, 0.2) is 30.3 Å². The lowest BCUT2D eigenvalue weighted by Gasteiger charge is -2.36. The van der Waals surface area contributed by atoms with Gasteiger partial charge in [0.1, 0.15) is 23.4 Å². The van der Waals surface area contributed by atoms with Crippen molar-refractivity contribution in [2.45, 2.75) is 109 Å². The van der Waals surface area contributed by atoms with Gasteiger partial charge < -0.3 is 30.3 Å². The monoisotopic (exact) mass is 681 g/mol. The summed E-state index contributed by atoms with van der Waals surface area (Å²) in [7, 11) is 1.59. The van der Waals surface area contributed by atoms with E-state index in [1.165, 1.54) is 4.90 Å². The van der Waals surface area contributed by atoms with Crippen molar-refractivity contribution in [3.8, 4) is 5.75 Å². The van der Waals surface area contributed by atoms with Crippen LogP contribution in [0.3, 0.4) is 0 Å². The molecule has 3 heterocycles. The number of rotatable bonds is 13. The van der Waals surface area contributed by atoms with E-state index < -0.39 is 52.6 Å². The molecule has 4 atom stereocenters. The van der Waals surface area contributed by atoms with Gasteiger partial charge in [-0.15, -0.1) is 0 Å². The second kappa shape index (κ2) is 15.3. The summed E-state index contributed by atoms with van der Waals surface area (Å²) in [6, 6.07) is 4.36. The number of carbonyl (C=O) groups excluding carboxylic acids is 5. The lowest BCUT2D eigenvalue weighted by atomic mass is 9.85. The first-order chi connectivity index (χ1) is 23.3. The van der Waals surface area contributed by atoms with Gasteiger partial charge in [-0.3, -0.25) is 34.3 Å². The van der Waals surface area contributed by atoms with Crippen molar-refractivity contribution in [3.05, 3.63) is 35.9 Å². The fourth-order valence-electron chi connectivity index (χ4n) is 6.65. The van der Waals surface area contributed by atoms with Gasteiger partial charge in [-0.05, 0) is 79.3 Å². The highest BCUT2D eigenvalue weighted by atomic mass is 16.7. The summed E-state index contributed by atoms with van der Waals surface area (Å²) < 4.78 is 10.7. The number of benzene rings is 1. The summed E-state index contributed by atoms with van der Waals surface area (Å²) in [5, 5.41) is 8.50. The largest absolute Gasteiger partial charge is 0.497 e. The lowest BCUT2D eigenvalue weighted by molar-refractivity contribution is -0.145. The van der Waals surface area contributed by atoms with E-state index in [2.05, 4.69) is 21.4 Å². The molecule has 1 saturated carbocycles. The number of hydrogen-bond donors (Lipinski definition) is 4. The van der Waals surface area contributed by atoms with Gasteiger partial charge in [0.25, 0.3) is 5.91 Å². The molecule has 13 heteroatoms. The Labute approximate surface area is 288 Å². The zero-order chi connectivity index (χ0) is 35.3. The van der Waals surface area contributed by atoms with Crippen molar-refractivity contribution < 1.29 is 38.3 Å². The molecule has 1 aromatic rings. The zero-order valence-corrected chi connectivity index (χ0v) is 29.3. The molecule has 3 fully saturated rings. The molecule has 4 aliphatic rings. The van der Waals surface area contributed by atoms with Crippen molar-refractivity contribution >= 4 is 35.1 Å². The van der Waals surface area contributed by atoms with Gasteiger partial charge in [0, 0.05) is 32.1 Å². The number of nitrogens with zero attached hydrogens (tertiary/aromatic N) is 1. The van der Waals surface area contributed by atoms with E-state index in [0.29, 0.717) is 31.1 Å². The van der Waals surface area contributed by atoms with Crippen LogP contribution < -0.4 is 26.2 Å². The van der Waals surface area contributed by atoms with Crippen molar-refractivity contribution in [2.75, 3.05) is 26.9 Å². The van der Waals surface area contributed by atoms with E-state index in [0.717, 1.165) is 31.2 Å². The maximum absolute atomic E-state index is 14.5. The Morgan fingerprint density at radius 1 is 1.04 bits per heavy atom. The fraction of sp³-hybridized carbons (Fsp3) is 0.639. The first-order valence-electron chi connectivity index (χ1n) is 17.5. The van der Waals surface area contributed by atoms with Crippen LogP contribution >= 0.6 is 0 Å². The second-order valence-electron chi connectivity index (χ2n) is 14.8. The normalized spacial score (nSPS) is 23.7. The standard InChI is InChI=1S/C36H51N5O8/c1-6-7-26(30(43)33(45)37-24-10-11-24)38-32(44)28-20-36(19-27(40-49-36)23-8-12-25(47-5)13-9-23)21-41(28)34(46)31(35(2,3)4)39-29(42)18-22-14-16-48-17-15-22/h8-9,12-13,19,22,24,26,28,31,40H,6-7,10-11,14-18,20-21H2,1-5H3,(H,37,45)(H,38,44)(H,39,42)/t26-,28-,31+,36+/m0/s1. The number of hydroxylamine groups is 1. The lowest BCUT2D eigenvalue weighted by Crippen LogP contribution is -2.59. The number of likely N-dealkylation sites (tertiary alicyclic amines) is 1. The number of amides is 4. The van der Waals surface area contributed by atoms with Crippen molar-refractivity contribution in [1.82, 2.24) is 26.3 Å². The molecule has 13 nitrogen and oxygen atoms in total. The van der Waals surface area contributed by atoms with Gasteiger partial charge in [-0.25, -0.2) is 0 Å². The van der Waals surface area contributed by atoms with E-state index in [9.17, 15) is 24.0 Å². The van der Waals surface area contributed by atoms with Gasteiger partial charge in [-0.1, -0.05) is 34.1 Å². The van der Waals surface area contributed by atoms with Gasteiger partial charge >= 0.3 is 0 Å². The summed E-state index contributed by atoms with van der Waals surface area (Å²) in [4.78, 5) is 75.4. The smallest absolute Gasteiger partial charge is 0.289 e. The molecule has 1 aromatic carbocycles. The third kappa shape index (κ3) is 8.99. The molecule has 3 aliphatic heterocycles. The quantitative estimate of drug-likeness (QED) is 0.229. The fourth-order valence-corrected chi connectivity index (χ4v) is 6.65. The average Bonchev–Trinajstić information content (AvgIpc) is 3.67. The Morgan fingerprint density at radius 3 is 2.35 bits per heavy atom. The minimum absolute atomic E-state index is 0.00748. The number of ether oxygens (including phenoxy) is 2. The summed E-state index contributed by atoms with van der Waals surface area (Å²) >= 11 is 0. The first kappa shape index (κ1) is 36.3. The van der Waals surface area contributed by atoms with E-state index in [1.54, 1.807) is 7.11 Å². The SMILES string of the molecule is CCC[C@H](NC(=O)[C@@H]1C[C@]2(C=C(c3ccc(OC)cc3)NO2)CN1C(=O)[C@@H](NC(=O)CC1CCOCC1)C(C)(C)C)C(=O)C(=O)NC1CC1. The predicted octanol–water partition coefficient (Wildman–Crippen LogP) is 2.39. The molecular formula is C36H51N5O8. The average molecular weight is 682 g/mol. The molecular weight excluding hydrogens is 630 g/mol. The van der Waals surface area contributed by atoms with Crippen LogP contribution in [-0.4, -0.2) is 90.9 Å². The van der Waals surface area contributed by atoms with Crippen LogP contribution in [0, 0.1) is 11.3 Å². The molecule has 1 aliphatic carbocycles. The molecule has 4 amide bonds. The number of hydrogen-bond acceptors (Lipinski definition) is 9.